The molecule has 0 radical (unpaired) electrons. The third kappa shape index (κ3) is 3.19. The number of unbranched alkanes of at least 4 members (excludes halogenated alkanes) is 1. The highest BCUT2D eigenvalue weighted by Gasteiger charge is 2.15. The summed E-state index contributed by atoms with van der Waals surface area (Å²) in [6.45, 7) is 2.11. The highest BCUT2D eigenvalue weighted by Crippen LogP contribution is 2.19. The molecule has 1 N–H and O–H groups in total. The second kappa shape index (κ2) is 7.08. The largest absolute Gasteiger partial charge is 0.496 e. The van der Waals surface area contributed by atoms with E-state index in [0.717, 1.165) is 19.3 Å². The number of hydrogen-bond donors (Lipinski definition) is 1. The number of fused-ring (bicyclic) bond motifs is 1. The Morgan fingerprint density at radius 2 is 2.08 bits per heavy atom. The van der Waals surface area contributed by atoms with E-state index in [1.165, 1.54) is 11.6 Å². The SMILES string of the molecule is CCCCc1nc(NC(=O)c2ccccc2OC)n2nccc2n1. The molecule has 2 aromatic heterocycles. The number of methoxy groups -OCH3 is 1. The average molecular weight is 325 g/mol. The molecular weight excluding hydrogens is 306 g/mol. The van der Waals surface area contributed by atoms with Gasteiger partial charge in [0, 0.05) is 12.5 Å². The van der Waals surface area contributed by atoms with Crippen LogP contribution in [0.3, 0.4) is 0 Å². The Morgan fingerprint density at radius 3 is 2.88 bits per heavy atom. The van der Waals surface area contributed by atoms with Gasteiger partial charge in [0.05, 0.1) is 18.9 Å². The van der Waals surface area contributed by atoms with Crippen molar-refractivity contribution in [2.45, 2.75) is 26.2 Å². The minimum Gasteiger partial charge on any atom is -0.496 e. The van der Waals surface area contributed by atoms with Gasteiger partial charge in [-0.1, -0.05) is 25.5 Å². The molecule has 0 aliphatic rings. The van der Waals surface area contributed by atoms with Crippen molar-refractivity contribution >= 4 is 17.5 Å². The van der Waals surface area contributed by atoms with Crippen LogP contribution in [0, 0.1) is 0 Å². The summed E-state index contributed by atoms with van der Waals surface area (Å²) in [7, 11) is 1.53. The molecule has 3 rings (SSSR count). The first-order chi connectivity index (χ1) is 11.7. The van der Waals surface area contributed by atoms with E-state index in [9.17, 15) is 4.79 Å². The summed E-state index contributed by atoms with van der Waals surface area (Å²) in [5.41, 5.74) is 1.10. The number of nitrogens with one attached hydrogen (secondary N) is 1. The Balaban J connectivity index is 1.93. The van der Waals surface area contributed by atoms with Gasteiger partial charge in [-0.25, -0.2) is 4.98 Å². The van der Waals surface area contributed by atoms with Gasteiger partial charge in [-0.3, -0.25) is 10.1 Å². The summed E-state index contributed by atoms with van der Waals surface area (Å²) >= 11 is 0. The number of aryl methyl sites for hydroxylation is 1. The predicted molar refractivity (Wildman–Crippen MR) is 90.3 cm³/mol. The first-order valence-electron chi connectivity index (χ1n) is 7.88. The first kappa shape index (κ1) is 15.9. The smallest absolute Gasteiger partial charge is 0.261 e. The topological polar surface area (TPSA) is 81.4 Å². The Hall–Kier alpha value is -2.96. The number of benzene rings is 1. The van der Waals surface area contributed by atoms with Crippen molar-refractivity contribution < 1.29 is 9.53 Å². The van der Waals surface area contributed by atoms with Gasteiger partial charge >= 0.3 is 0 Å². The fourth-order valence-electron chi connectivity index (χ4n) is 2.40. The Kier molecular flexibility index (Phi) is 4.69. The normalized spacial score (nSPS) is 10.8. The summed E-state index contributed by atoms with van der Waals surface area (Å²) in [4.78, 5) is 21.5. The van der Waals surface area contributed by atoms with E-state index >= 15 is 0 Å². The zero-order chi connectivity index (χ0) is 16.9. The van der Waals surface area contributed by atoms with Gasteiger partial charge in [0.1, 0.15) is 11.6 Å². The molecule has 0 spiro atoms. The molecule has 0 saturated heterocycles. The van der Waals surface area contributed by atoms with Crippen LogP contribution >= 0.6 is 0 Å². The number of nitrogens with zero attached hydrogens (tertiary/aromatic N) is 4. The standard InChI is InChI=1S/C17H19N5O2/c1-3-4-9-14-19-15-10-11-18-22(15)17(20-14)21-16(23)12-7-5-6-8-13(12)24-2/h5-8,10-11H,3-4,9H2,1-2H3,(H,19,20,21,23). The van der Waals surface area contributed by atoms with Gasteiger partial charge in [0.25, 0.3) is 5.91 Å². The second-order valence-corrected chi connectivity index (χ2v) is 5.32. The van der Waals surface area contributed by atoms with Crippen molar-refractivity contribution in [1.82, 2.24) is 19.6 Å². The quantitative estimate of drug-likeness (QED) is 0.753. The van der Waals surface area contributed by atoms with Crippen LogP contribution in [0.5, 0.6) is 5.75 Å². The number of carbonyl (C=O) groups excluding carboxylic acids is 1. The second-order valence-electron chi connectivity index (χ2n) is 5.32. The van der Waals surface area contributed by atoms with Crippen LogP contribution in [0.1, 0.15) is 35.9 Å². The van der Waals surface area contributed by atoms with Crippen molar-refractivity contribution in [3.05, 3.63) is 47.9 Å². The van der Waals surface area contributed by atoms with Crippen molar-refractivity contribution in [3.8, 4) is 5.75 Å². The van der Waals surface area contributed by atoms with Gasteiger partial charge in [0.2, 0.25) is 5.95 Å². The molecule has 0 aliphatic carbocycles. The van der Waals surface area contributed by atoms with Crippen molar-refractivity contribution in [2.24, 2.45) is 0 Å². The zero-order valence-corrected chi connectivity index (χ0v) is 13.7. The number of hydrogen-bond acceptors (Lipinski definition) is 5. The van der Waals surface area contributed by atoms with E-state index in [-0.39, 0.29) is 5.91 Å². The van der Waals surface area contributed by atoms with Crippen LogP contribution in [0.4, 0.5) is 5.95 Å². The molecule has 0 unspecified atom stereocenters. The molecule has 0 atom stereocenters. The molecule has 0 fully saturated rings. The lowest BCUT2D eigenvalue weighted by Gasteiger charge is -2.10. The molecular formula is C17H19N5O2. The number of rotatable bonds is 6. The van der Waals surface area contributed by atoms with Crippen molar-refractivity contribution in [3.63, 3.8) is 0 Å². The maximum atomic E-state index is 12.6. The predicted octanol–water partition coefficient (Wildman–Crippen LogP) is 2.73. The van der Waals surface area contributed by atoms with E-state index in [1.807, 2.05) is 6.07 Å². The maximum Gasteiger partial charge on any atom is 0.261 e. The van der Waals surface area contributed by atoms with Crippen LogP contribution in [-0.4, -0.2) is 32.6 Å². The van der Waals surface area contributed by atoms with Gasteiger partial charge < -0.3 is 4.74 Å². The summed E-state index contributed by atoms with van der Waals surface area (Å²) in [5, 5.41) is 6.98. The van der Waals surface area contributed by atoms with Crippen LogP contribution in [0.2, 0.25) is 0 Å². The third-order valence-electron chi connectivity index (χ3n) is 3.63. The van der Waals surface area contributed by atoms with E-state index in [2.05, 4.69) is 27.3 Å². The minimum absolute atomic E-state index is 0.301. The number of aromatic nitrogens is 4. The number of para-hydroxylation sites is 1. The molecule has 0 saturated carbocycles. The molecule has 124 valence electrons. The van der Waals surface area contributed by atoms with Crippen molar-refractivity contribution in [1.29, 1.82) is 0 Å². The number of ether oxygens (including phenoxy) is 1. The zero-order valence-electron chi connectivity index (χ0n) is 13.7. The molecule has 0 bridgehead atoms. The van der Waals surface area contributed by atoms with Crippen molar-refractivity contribution in [2.75, 3.05) is 12.4 Å². The third-order valence-corrected chi connectivity index (χ3v) is 3.63. The molecule has 1 amide bonds. The number of carbonyl (C=O) groups is 1. The molecule has 3 aromatic rings. The first-order valence-corrected chi connectivity index (χ1v) is 7.88. The molecule has 1 aromatic carbocycles. The molecule has 0 aliphatic heterocycles. The summed E-state index contributed by atoms with van der Waals surface area (Å²) in [6.07, 6.45) is 4.43. The lowest BCUT2D eigenvalue weighted by Crippen LogP contribution is -2.18. The Bertz CT molecular complexity index is 859. The molecule has 7 nitrogen and oxygen atoms in total. The van der Waals surface area contributed by atoms with Gasteiger partial charge in [-0.05, 0) is 18.6 Å². The van der Waals surface area contributed by atoms with E-state index in [1.54, 1.807) is 30.5 Å². The minimum atomic E-state index is -0.301. The highest BCUT2D eigenvalue weighted by atomic mass is 16.5. The monoisotopic (exact) mass is 325 g/mol. The van der Waals surface area contributed by atoms with Gasteiger partial charge in [-0.15, -0.1) is 0 Å². The van der Waals surface area contributed by atoms with E-state index < -0.39 is 0 Å². The average Bonchev–Trinajstić information content (AvgIpc) is 3.08. The number of amides is 1. The van der Waals surface area contributed by atoms with Crippen LogP contribution in [-0.2, 0) is 6.42 Å². The fourth-order valence-corrected chi connectivity index (χ4v) is 2.40. The van der Waals surface area contributed by atoms with Crippen LogP contribution in [0.15, 0.2) is 36.5 Å². The number of anilines is 1. The summed E-state index contributed by atoms with van der Waals surface area (Å²) in [5.74, 6) is 1.25. The maximum absolute atomic E-state index is 12.6. The Morgan fingerprint density at radius 1 is 1.25 bits per heavy atom. The molecule has 2 heterocycles. The van der Waals surface area contributed by atoms with Gasteiger partial charge in [-0.2, -0.15) is 14.6 Å². The Labute approximate surface area is 139 Å². The molecule has 7 heteroatoms. The van der Waals surface area contributed by atoms with Crippen LogP contribution < -0.4 is 10.1 Å². The highest BCUT2D eigenvalue weighted by molar-refractivity contribution is 6.05. The van der Waals surface area contributed by atoms with E-state index in [0.29, 0.717) is 28.7 Å². The van der Waals surface area contributed by atoms with Crippen LogP contribution in [0.25, 0.3) is 5.65 Å². The van der Waals surface area contributed by atoms with E-state index in [4.69, 9.17) is 4.74 Å². The summed E-state index contributed by atoms with van der Waals surface area (Å²) in [6, 6.07) is 8.83. The van der Waals surface area contributed by atoms with Gasteiger partial charge in [0.15, 0.2) is 5.65 Å². The summed E-state index contributed by atoms with van der Waals surface area (Å²) < 4.78 is 6.75. The molecule has 24 heavy (non-hydrogen) atoms. The fraction of sp³-hybridized carbons (Fsp3) is 0.294. The lowest BCUT2D eigenvalue weighted by molar-refractivity contribution is 0.102. The lowest BCUT2D eigenvalue weighted by atomic mass is 10.2.